The van der Waals surface area contributed by atoms with Gasteiger partial charge in [0.1, 0.15) is 23.7 Å². The smallest absolute Gasteiger partial charge is 0.242 e. The van der Waals surface area contributed by atoms with Crippen molar-refractivity contribution >= 4 is 32.6 Å². The van der Waals surface area contributed by atoms with Crippen molar-refractivity contribution in [3.63, 3.8) is 0 Å². The molecule has 9 heterocycles. The van der Waals surface area contributed by atoms with Crippen molar-refractivity contribution in [1.82, 2.24) is 30.0 Å². The summed E-state index contributed by atoms with van der Waals surface area (Å²) in [6.45, 7) is 8.81. The number of aromatic nitrogens is 4. The number of aromatic hydroxyl groups is 2. The van der Waals surface area contributed by atoms with Gasteiger partial charge in [0.25, 0.3) is 0 Å². The summed E-state index contributed by atoms with van der Waals surface area (Å²) < 4.78 is 14.4. The Hall–Kier alpha value is -5.06. The maximum absolute atomic E-state index is 10.6. The molecule has 10 atom stereocenters. The standard InChI is InChI=1S/C46H50N6O4/c1-3-27-25-51-19-15-29(27)21-41(51)43(33-13-17-47-39-11-9-31(53)23-37(33)39)55-45-35-7-5-6-8-36(35)46(50-49-45)56-44(42-22-30-16-20-52(42)26-28(30)4-2)34-14-18-48-40-12-10-32(54)24-38(34)40/h5-14,17-18,23-24,27-30,41-44,53-54H,3-4,15-16,19-22,25-26H2,1-2H3/t27-,28-,29-,30-,41+,42+,43-,44-/m0/s1. The molecule has 0 saturated carbocycles. The fourth-order valence-electron chi connectivity index (χ4n) is 10.9. The Kier molecular flexibility index (Phi) is 9.13. The largest absolute Gasteiger partial charge is 0.508 e. The number of ether oxygens (including phenoxy) is 2. The molecule has 12 rings (SSSR count). The van der Waals surface area contributed by atoms with Crippen LogP contribution in [0.5, 0.6) is 23.3 Å². The molecule has 6 aliphatic rings. The first-order valence-electron chi connectivity index (χ1n) is 20.7. The van der Waals surface area contributed by atoms with E-state index in [4.69, 9.17) is 19.7 Å². The zero-order chi connectivity index (χ0) is 37.9. The quantitative estimate of drug-likeness (QED) is 0.141. The lowest BCUT2D eigenvalue weighted by Gasteiger charge is -2.52. The summed E-state index contributed by atoms with van der Waals surface area (Å²) in [7, 11) is 0. The van der Waals surface area contributed by atoms with Gasteiger partial charge in [-0.25, -0.2) is 0 Å². The lowest BCUT2D eigenvalue weighted by Crippen LogP contribution is -2.56. The molecular weight excluding hydrogens is 701 g/mol. The van der Waals surface area contributed by atoms with Crippen molar-refractivity contribution in [2.75, 3.05) is 26.2 Å². The van der Waals surface area contributed by atoms with Crippen LogP contribution in [0.2, 0.25) is 0 Å². The average Bonchev–Trinajstić information content (AvgIpc) is 3.25. The number of nitrogens with zero attached hydrogens (tertiary/aromatic N) is 6. The monoisotopic (exact) mass is 750 g/mol. The Morgan fingerprint density at radius 3 is 1.50 bits per heavy atom. The predicted molar refractivity (Wildman–Crippen MR) is 217 cm³/mol. The third-order valence-corrected chi connectivity index (χ3v) is 13.8. The van der Waals surface area contributed by atoms with Gasteiger partial charge in [0.05, 0.1) is 33.9 Å². The molecule has 6 fully saturated rings. The summed E-state index contributed by atoms with van der Waals surface area (Å²) in [6.07, 6.45) is 9.80. The molecule has 0 aliphatic carbocycles. The van der Waals surface area contributed by atoms with Crippen LogP contribution >= 0.6 is 0 Å². The van der Waals surface area contributed by atoms with Crippen LogP contribution in [0, 0.1) is 23.7 Å². The fraction of sp³-hybridized carbons (Fsp3) is 0.435. The second-order valence-corrected chi connectivity index (χ2v) is 16.7. The minimum absolute atomic E-state index is 0.129. The van der Waals surface area contributed by atoms with Crippen molar-refractivity contribution in [3.05, 3.63) is 96.3 Å². The summed E-state index contributed by atoms with van der Waals surface area (Å²) >= 11 is 0. The number of hydrogen-bond donors (Lipinski definition) is 2. The number of rotatable bonds is 10. The first kappa shape index (κ1) is 35.4. The SMILES string of the molecule is CC[C@H]1CN2CC[C@H]1C[C@@H]2[C@@H](Oc1nnc(O[C@@H](c2ccnc3ccc(O)cc23)[C@H]2C[C@@H]3CCN2C[C@@H]3CC)c2ccccc12)c1ccnc2ccc(O)cc12. The summed E-state index contributed by atoms with van der Waals surface area (Å²) in [4.78, 5) is 14.5. The minimum Gasteiger partial charge on any atom is -0.508 e. The molecular formula is C46H50N6O4. The van der Waals surface area contributed by atoms with Gasteiger partial charge in [-0.05, 0) is 123 Å². The van der Waals surface area contributed by atoms with Gasteiger partial charge in [0.2, 0.25) is 11.8 Å². The van der Waals surface area contributed by atoms with Crippen molar-refractivity contribution < 1.29 is 19.7 Å². The van der Waals surface area contributed by atoms with E-state index in [-0.39, 0.29) is 35.8 Å². The summed E-state index contributed by atoms with van der Waals surface area (Å²) in [5, 5.41) is 34.4. The molecule has 56 heavy (non-hydrogen) atoms. The highest BCUT2D eigenvalue weighted by molar-refractivity contribution is 5.91. The van der Waals surface area contributed by atoms with Gasteiger partial charge in [-0.3, -0.25) is 19.8 Å². The molecule has 2 unspecified atom stereocenters. The minimum atomic E-state index is -0.368. The zero-order valence-corrected chi connectivity index (χ0v) is 32.2. The summed E-state index contributed by atoms with van der Waals surface area (Å²) in [6, 6.07) is 23.2. The molecule has 10 heteroatoms. The van der Waals surface area contributed by atoms with E-state index in [1.54, 1.807) is 24.3 Å². The molecule has 6 aliphatic heterocycles. The highest BCUT2D eigenvalue weighted by Crippen LogP contribution is 2.47. The van der Waals surface area contributed by atoms with Crippen LogP contribution in [0.15, 0.2) is 85.2 Å². The van der Waals surface area contributed by atoms with Crippen LogP contribution in [-0.2, 0) is 0 Å². The molecule has 3 aromatic heterocycles. The molecule has 6 saturated heterocycles. The van der Waals surface area contributed by atoms with Gasteiger partial charge in [-0.15, -0.1) is 10.2 Å². The molecule has 3 aromatic carbocycles. The number of piperidine rings is 6. The van der Waals surface area contributed by atoms with Gasteiger partial charge in [0, 0.05) is 47.4 Å². The first-order chi connectivity index (χ1) is 27.4. The summed E-state index contributed by atoms with van der Waals surface area (Å²) in [5.41, 5.74) is 3.61. The number of hydrogen-bond acceptors (Lipinski definition) is 10. The van der Waals surface area contributed by atoms with Crippen molar-refractivity contribution in [1.29, 1.82) is 0 Å². The van der Waals surface area contributed by atoms with Gasteiger partial charge in [0.15, 0.2) is 0 Å². The molecule has 0 radical (unpaired) electrons. The van der Waals surface area contributed by atoms with Crippen molar-refractivity contribution in [3.8, 4) is 23.3 Å². The third kappa shape index (κ3) is 6.18. The number of pyridine rings is 2. The van der Waals surface area contributed by atoms with Gasteiger partial charge in [-0.2, -0.15) is 0 Å². The zero-order valence-electron chi connectivity index (χ0n) is 32.2. The molecule has 4 bridgehead atoms. The Morgan fingerprint density at radius 1 is 0.625 bits per heavy atom. The van der Waals surface area contributed by atoms with Crippen molar-refractivity contribution in [2.45, 2.75) is 76.7 Å². The lowest BCUT2D eigenvalue weighted by atomic mass is 9.72. The van der Waals surface area contributed by atoms with Gasteiger partial charge < -0.3 is 19.7 Å². The van der Waals surface area contributed by atoms with E-state index in [0.29, 0.717) is 35.4 Å². The Balaban J connectivity index is 1.06. The second kappa shape index (κ2) is 14.5. The van der Waals surface area contributed by atoms with Crippen LogP contribution < -0.4 is 9.47 Å². The average molecular weight is 751 g/mol. The van der Waals surface area contributed by atoms with Crippen LogP contribution in [0.25, 0.3) is 32.6 Å². The van der Waals surface area contributed by atoms with E-state index in [1.165, 1.54) is 25.7 Å². The maximum Gasteiger partial charge on any atom is 0.242 e. The lowest BCUT2D eigenvalue weighted by molar-refractivity contribution is -0.0505. The normalized spacial score (nSPS) is 28.1. The van der Waals surface area contributed by atoms with Gasteiger partial charge >= 0.3 is 0 Å². The molecule has 0 amide bonds. The van der Waals surface area contributed by atoms with E-state index >= 15 is 0 Å². The Labute approximate surface area is 327 Å². The fourth-order valence-corrected chi connectivity index (χ4v) is 10.9. The Morgan fingerprint density at radius 2 is 1.09 bits per heavy atom. The highest BCUT2D eigenvalue weighted by atomic mass is 16.5. The number of phenolic OH excluding ortho intramolecular Hbond substituents is 2. The van der Waals surface area contributed by atoms with E-state index in [9.17, 15) is 10.2 Å². The molecule has 288 valence electrons. The van der Waals surface area contributed by atoms with E-state index in [2.05, 4.69) is 33.6 Å². The van der Waals surface area contributed by atoms with Crippen LogP contribution in [0.1, 0.15) is 75.7 Å². The van der Waals surface area contributed by atoms with Crippen LogP contribution in [-0.4, -0.2) is 78.4 Å². The Bertz CT molecular complexity index is 2240. The van der Waals surface area contributed by atoms with Crippen LogP contribution in [0.3, 0.4) is 0 Å². The van der Waals surface area contributed by atoms with Crippen molar-refractivity contribution in [2.24, 2.45) is 23.7 Å². The summed E-state index contributed by atoms with van der Waals surface area (Å²) in [5.74, 6) is 3.98. The maximum atomic E-state index is 10.6. The number of fused-ring (bicyclic) bond motifs is 9. The predicted octanol–water partition coefficient (Wildman–Crippen LogP) is 8.62. The molecule has 0 spiro atoms. The van der Waals surface area contributed by atoms with Gasteiger partial charge in [-0.1, -0.05) is 38.8 Å². The highest BCUT2D eigenvalue weighted by Gasteiger charge is 2.46. The number of phenols is 2. The van der Waals surface area contributed by atoms with E-state index in [0.717, 1.165) is 82.7 Å². The first-order valence-corrected chi connectivity index (χ1v) is 20.7. The van der Waals surface area contributed by atoms with E-state index < -0.39 is 0 Å². The molecule has 6 aromatic rings. The number of benzene rings is 3. The topological polar surface area (TPSA) is 117 Å². The van der Waals surface area contributed by atoms with E-state index in [1.807, 2.05) is 60.9 Å². The van der Waals surface area contributed by atoms with Crippen LogP contribution in [0.4, 0.5) is 0 Å². The molecule has 10 nitrogen and oxygen atoms in total. The second-order valence-electron chi connectivity index (χ2n) is 16.7. The third-order valence-electron chi connectivity index (χ3n) is 13.8. The molecule has 2 N–H and O–H groups in total.